The molecule has 8 heteroatoms. The Labute approximate surface area is 159 Å². The summed E-state index contributed by atoms with van der Waals surface area (Å²) in [7, 11) is 0. The molecule has 5 N–H and O–H groups in total. The Bertz CT molecular complexity index is 532. The van der Waals surface area contributed by atoms with Gasteiger partial charge in [0.1, 0.15) is 24.4 Å². The molecule has 0 amide bonds. The fraction of sp³-hybridized carbons (Fsp3) is 0.895. The van der Waals surface area contributed by atoms with Gasteiger partial charge < -0.3 is 39.7 Å². The van der Waals surface area contributed by atoms with Crippen molar-refractivity contribution >= 4 is 0 Å². The maximum atomic E-state index is 10.2. The highest BCUT2D eigenvalue weighted by molar-refractivity contribution is 5.15. The molecule has 0 spiro atoms. The van der Waals surface area contributed by atoms with Crippen LogP contribution >= 0.6 is 0 Å². The topological polar surface area (TPSA) is 129 Å². The van der Waals surface area contributed by atoms with Crippen LogP contribution in [0.3, 0.4) is 0 Å². The lowest BCUT2D eigenvalue weighted by atomic mass is 9.62. The zero-order valence-corrected chi connectivity index (χ0v) is 16.1. The summed E-state index contributed by atoms with van der Waals surface area (Å²) in [6.45, 7) is 5.90. The van der Waals surface area contributed by atoms with Crippen molar-refractivity contribution in [2.45, 2.75) is 82.1 Å². The minimum atomic E-state index is -1.45. The first-order valence-corrected chi connectivity index (χ1v) is 9.56. The van der Waals surface area contributed by atoms with Crippen LogP contribution in [0, 0.1) is 11.3 Å². The van der Waals surface area contributed by atoms with E-state index in [9.17, 15) is 25.5 Å². The molecule has 0 radical (unpaired) electrons. The molecule has 10 unspecified atom stereocenters. The predicted octanol–water partition coefficient (Wildman–Crippen LogP) is -0.686. The Morgan fingerprint density at radius 1 is 1.15 bits per heavy atom. The fourth-order valence-electron chi connectivity index (χ4n) is 4.84. The van der Waals surface area contributed by atoms with Crippen LogP contribution in [-0.2, 0) is 14.2 Å². The predicted molar refractivity (Wildman–Crippen MR) is 94.6 cm³/mol. The van der Waals surface area contributed by atoms with E-state index in [-0.39, 0.29) is 17.4 Å². The van der Waals surface area contributed by atoms with E-state index < -0.39 is 49.0 Å². The fourth-order valence-corrected chi connectivity index (χ4v) is 4.84. The first-order chi connectivity index (χ1) is 12.6. The maximum Gasteiger partial charge on any atom is 0.186 e. The van der Waals surface area contributed by atoms with Crippen molar-refractivity contribution in [1.29, 1.82) is 0 Å². The summed E-state index contributed by atoms with van der Waals surface area (Å²) in [6, 6.07) is 0. The van der Waals surface area contributed by atoms with Crippen LogP contribution in [0.15, 0.2) is 12.2 Å². The highest BCUT2D eigenvalue weighted by Gasteiger charge is 2.58. The maximum absolute atomic E-state index is 10.2. The molecule has 0 aromatic heterocycles. The van der Waals surface area contributed by atoms with Crippen molar-refractivity contribution in [1.82, 2.24) is 0 Å². The van der Waals surface area contributed by atoms with E-state index in [1.807, 2.05) is 13.0 Å². The number of hydrogen-bond donors (Lipinski definition) is 5. The molecular weight excluding hydrogens is 356 g/mol. The van der Waals surface area contributed by atoms with Crippen molar-refractivity contribution < 1.29 is 39.7 Å². The average molecular weight is 388 g/mol. The molecule has 156 valence electrons. The Morgan fingerprint density at radius 2 is 1.85 bits per heavy atom. The number of ether oxygens (including phenoxy) is 3. The number of fused-ring (bicyclic) bond motifs is 2. The second-order valence-electron chi connectivity index (χ2n) is 8.72. The van der Waals surface area contributed by atoms with Gasteiger partial charge in [0.15, 0.2) is 6.29 Å². The number of rotatable bonds is 5. The van der Waals surface area contributed by atoms with Crippen LogP contribution in [0.1, 0.15) is 33.6 Å². The number of aliphatic hydroxyl groups is 5. The van der Waals surface area contributed by atoms with E-state index in [1.54, 1.807) is 13.0 Å². The van der Waals surface area contributed by atoms with Gasteiger partial charge in [-0.3, -0.25) is 0 Å². The van der Waals surface area contributed by atoms with Gasteiger partial charge in [-0.25, -0.2) is 0 Å². The normalized spacial score (nSPS) is 51.6. The van der Waals surface area contributed by atoms with Crippen molar-refractivity contribution in [3.63, 3.8) is 0 Å². The third-order valence-corrected chi connectivity index (χ3v) is 6.22. The first kappa shape index (κ1) is 21.1. The molecule has 10 atom stereocenters. The molecule has 3 rings (SSSR count). The van der Waals surface area contributed by atoms with Gasteiger partial charge in [-0.1, -0.05) is 19.1 Å². The minimum absolute atomic E-state index is 0.120. The molecule has 3 aliphatic rings. The zero-order chi connectivity index (χ0) is 20.0. The van der Waals surface area contributed by atoms with E-state index in [0.29, 0.717) is 19.4 Å². The zero-order valence-electron chi connectivity index (χ0n) is 16.1. The lowest BCUT2D eigenvalue weighted by Crippen LogP contribution is -2.60. The van der Waals surface area contributed by atoms with Crippen molar-refractivity contribution in [3.05, 3.63) is 12.2 Å². The molecule has 3 fully saturated rings. The average Bonchev–Trinajstić information content (AvgIpc) is 2.74. The lowest BCUT2D eigenvalue weighted by molar-refractivity contribution is -0.316. The molecular formula is C19H32O8. The number of aliphatic hydroxyl groups excluding tert-OH is 5. The van der Waals surface area contributed by atoms with Crippen LogP contribution in [0.25, 0.3) is 0 Å². The van der Waals surface area contributed by atoms with E-state index >= 15 is 0 Å². The SMILES string of the molecule is CC(O)C=CC1C2(C)COC1(C)CC(OC1OC(CO)C(O)C(O)C1O)C2. The molecule has 1 aliphatic carbocycles. The van der Waals surface area contributed by atoms with Crippen LogP contribution in [0.2, 0.25) is 0 Å². The Balaban J connectivity index is 1.72. The molecule has 27 heavy (non-hydrogen) atoms. The summed E-state index contributed by atoms with van der Waals surface area (Å²) in [5.74, 6) is 0.120. The van der Waals surface area contributed by atoms with Gasteiger partial charge in [-0.05, 0) is 20.3 Å². The van der Waals surface area contributed by atoms with E-state index in [2.05, 4.69) is 6.92 Å². The van der Waals surface area contributed by atoms with Crippen LogP contribution in [-0.4, -0.2) is 87.3 Å². The highest BCUT2D eigenvalue weighted by Crippen LogP contribution is 2.55. The summed E-state index contributed by atoms with van der Waals surface area (Å²) in [5.41, 5.74) is -0.672. The summed E-state index contributed by atoms with van der Waals surface area (Å²) in [4.78, 5) is 0. The molecule has 2 heterocycles. The first-order valence-electron chi connectivity index (χ1n) is 9.56. The second-order valence-corrected chi connectivity index (χ2v) is 8.72. The minimum Gasteiger partial charge on any atom is -0.394 e. The molecule has 0 aromatic carbocycles. The van der Waals surface area contributed by atoms with Crippen molar-refractivity contribution in [2.75, 3.05) is 13.2 Å². The Hall–Kier alpha value is -0.580. The summed E-state index contributed by atoms with van der Waals surface area (Å²) in [5, 5.41) is 49.0. The Morgan fingerprint density at radius 3 is 2.44 bits per heavy atom. The van der Waals surface area contributed by atoms with E-state index in [1.165, 1.54) is 0 Å². The van der Waals surface area contributed by atoms with Crippen molar-refractivity contribution in [3.8, 4) is 0 Å². The van der Waals surface area contributed by atoms with Crippen LogP contribution in [0.4, 0.5) is 0 Å². The van der Waals surface area contributed by atoms with Gasteiger partial charge in [0.25, 0.3) is 0 Å². The monoisotopic (exact) mass is 388 g/mol. The standard InChI is InChI=1S/C19H32O8/c1-10(21)4-5-13-18(2)6-11(7-19(13,3)25-9-18)26-17-16(24)15(23)14(22)12(8-20)27-17/h4-5,10-17,20-24H,6-9H2,1-3H3. The quantitative estimate of drug-likeness (QED) is 0.392. The van der Waals surface area contributed by atoms with E-state index in [4.69, 9.17) is 14.2 Å². The van der Waals surface area contributed by atoms with Crippen molar-refractivity contribution in [2.24, 2.45) is 11.3 Å². The van der Waals surface area contributed by atoms with Crippen LogP contribution in [0.5, 0.6) is 0 Å². The molecule has 2 aliphatic heterocycles. The van der Waals surface area contributed by atoms with Gasteiger partial charge in [0.2, 0.25) is 0 Å². The molecule has 2 saturated heterocycles. The summed E-state index contributed by atoms with van der Waals surface area (Å²) in [6.07, 6.45) is -2.18. The van der Waals surface area contributed by atoms with Gasteiger partial charge in [-0.2, -0.15) is 0 Å². The summed E-state index contributed by atoms with van der Waals surface area (Å²) < 4.78 is 17.5. The third kappa shape index (κ3) is 3.95. The van der Waals surface area contributed by atoms with Gasteiger partial charge >= 0.3 is 0 Å². The second kappa shape index (κ2) is 7.68. The van der Waals surface area contributed by atoms with Gasteiger partial charge in [-0.15, -0.1) is 0 Å². The van der Waals surface area contributed by atoms with Gasteiger partial charge in [0.05, 0.1) is 31.0 Å². The molecule has 1 saturated carbocycles. The van der Waals surface area contributed by atoms with Crippen LogP contribution < -0.4 is 0 Å². The molecule has 2 bridgehead atoms. The largest absolute Gasteiger partial charge is 0.394 e. The number of hydrogen-bond acceptors (Lipinski definition) is 8. The molecule has 0 aromatic rings. The highest BCUT2D eigenvalue weighted by atomic mass is 16.7. The van der Waals surface area contributed by atoms with E-state index in [0.717, 1.165) is 0 Å². The summed E-state index contributed by atoms with van der Waals surface area (Å²) >= 11 is 0. The lowest BCUT2D eigenvalue weighted by Gasteiger charge is -2.47. The molecule has 8 nitrogen and oxygen atoms in total. The Kier molecular flexibility index (Phi) is 6.01. The third-order valence-electron chi connectivity index (χ3n) is 6.22. The van der Waals surface area contributed by atoms with Gasteiger partial charge in [0, 0.05) is 17.8 Å². The smallest absolute Gasteiger partial charge is 0.186 e.